The smallest absolute Gasteiger partial charge is 0.338 e. The van der Waals surface area contributed by atoms with Crippen molar-refractivity contribution in [3.8, 4) is 0 Å². The van der Waals surface area contributed by atoms with Crippen LogP contribution in [0.2, 0.25) is 0 Å². The third-order valence-electron chi connectivity index (χ3n) is 5.61. The fourth-order valence-corrected chi connectivity index (χ4v) is 4.84. The molecule has 2 aromatic rings. The molecule has 176 valence electrons. The summed E-state index contributed by atoms with van der Waals surface area (Å²) in [7, 11) is -2.42. The number of carbonyl (C=O) groups excluding carboxylic acids is 2. The summed E-state index contributed by atoms with van der Waals surface area (Å²) in [6.45, 7) is 2.00. The first-order chi connectivity index (χ1) is 15.8. The van der Waals surface area contributed by atoms with Gasteiger partial charge in [0.05, 0.1) is 16.1 Å². The SMILES string of the molecule is Cc1ccc(N(C)S(=O)(=O)c2cccc(C(=O)OCC(=O)NCCC3=CCCCC3)c2)cc1. The van der Waals surface area contributed by atoms with Gasteiger partial charge in [0, 0.05) is 13.6 Å². The summed E-state index contributed by atoms with van der Waals surface area (Å²) in [5, 5.41) is 2.75. The van der Waals surface area contributed by atoms with Gasteiger partial charge in [-0.25, -0.2) is 13.2 Å². The number of sulfonamides is 1. The Labute approximate surface area is 195 Å². The highest BCUT2D eigenvalue weighted by atomic mass is 32.2. The van der Waals surface area contributed by atoms with Crippen LogP contribution in [-0.2, 0) is 19.6 Å². The van der Waals surface area contributed by atoms with Gasteiger partial charge in [0.2, 0.25) is 0 Å². The van der Waals surface area contributed by atoms with Gasteiger partial charge in [-0.15, -0.1) is 0 Å². The van der Waals surface area contributed by atoms with E-state index in [1.165, 1.54) is 49.7 Å². The topological polar surface area (TPSA) is 92.8 Å². The van der Waals surface area contributed by atoms with Crippen molar-refractivity contribution in [2.45, 2.75) is 43.9 Å². The van der Waals surface area contributed by atoms with Crippen LogP contribution >= 0.6 is 0 Å². The lowest BCUT2D eigenvalue weighted by molar-refractivity contribution is -0.124. The fraction of sp³-hybridized carbons (Fsp3) is 0.360. The van der Waals surface area contributed by atoms with Crippen molar-refractivity contribution in [1.82, 2.24) is 5.32 Å². The number of nitrogens with zero attached hydrogens (tertiary/aromatic N) is 1. The molecule has 1 aliphatic rings. The van der Waals surface area contributed by atoms with E-state index in [2.05, 4.69) is 11.4 Å². The normalized spacial score (nSPS) is 13.7. The number of ether oxygens (including phenoxy) is 1. The second-order valence-electron chi connectivity index (χ2n) is 8.12. The molecule has 33 heavy (non-hydrogen) atoms. The zero-order valence-electron chi connectivity index (χ0n) is 19.0. The Morgan fingerprint density at radius 2 is 1.85 bits per heavy atom. The Morgan fingerprint density at radius 1 is 1.09 bits per heavy atom. The molecule has 2 aromatic carbocycles. The minimum absolute atomic E-state index is 0.0368. The van der Waals surface area contributed by atoms with E-state index in [4.69, 9.17) is 4.74 Å². The zero-order chi connectivity index (χ0) is 23.8. The maximum Gasteiger partial charge on any atom is 0.338 e. The summed E-state index contributed by atoms with van der Waals surface area (Å²) in [6.07, 6.45) is 7.60. The molecular formula is C25H30N2O5S. The third-order valence-corrected chi connectivity index (χ3v) is 7.39. The number of benzene rings is 2. The van der Waals surface area contributed by atoms with E-state index in [1.807, 2.05) is 19.1 Å². The van der Waals surface area contributed by atoms with E-state index in [0.717, 1.165) is 29.1 Å². The van der Waals surface area contributed by atoms with E-state index in [9.17, 15) is 18.0 Å². The average Bonchev–Trinajstić information content (AvgIpc) is 2.83. The number of hydrogen-bond acceptors (Lipinski definition) is 5. The van der Waals surface area contributed by atoms with E-state index in [0.29, 0.717) is 12.2 Å². The van der Waals surface area contributed by atoms with Crippen LogP contribution in [0, 0.1) is 6.92 Å². The number of carbonyl (C=O) groups is 2. The first-order valence-electron chi connectivity index (χ1n) is 11.0. The number of esters is 1. The minimum atomic E-state index is -3.87. The van der Waals surface area contributed by atoms with Gasteiger partial charge in [0.25, 0.3) is 15.9 Å². The Morgan fingerprint density at radius 3 is 2.55 bits per heavy atom. The second-order valence-corrected chi connectivity index (χ2v) is 10.1. The van der Waals surface area contributed by atoms with E-state index < -0.39 is 22.6 Å². The quantitative estimate of drug-likeness (QED) is 0.442. The lowest BCUT2D eigenvalue weighted by atomic mass is 9.97. The maximum absolute atomic E-state index is 13.0. The molecular weight excluding hydrogens is 440 g/mol. The molecule has 8 heteroatoms. The molecule has 0 atom stereocenters. The summed E-state index contributed by atoms with van der Waals surface area (Å²) >= 11 is 0. The van der Waals surface area contributed by atoms with Crippen molar-refractivity contribution in [3.63, 3.8) is 0 Å². The average molecular weight is 471 g/mol. The van der Waals surface area contributed by atoms with Crippen LogP contribution in [0.5, 0.6) is 0 Å². The molecule has 0 aliphatic heterocycles. The molecule has 0 aromatic heterocycles. The van der Waals surface area contributed by atoms with Crippen LogP contribution in [0.25, 0.3) is 0 Å². The fourth-order valence-electron chi connectivity index (χ4n) is 3.59. The number of amides is 1. The van der Waals surface area contributed by atoms with Gasteiger partial charge in [-0.05, 0) is 69.4 Å². The molecule has 1 N–H and O–H groups in total. The largest absolute Gasteiger partial charge is 0.452 e. The summed E-state index contributed by atoms with van der Waals surface area (Å²) < 4.78 is 32.3. The van der Waals surface area contributed by atoms with E-state index >= 15 is 0 Å². The van der Waals surface area contributed by atoms with Gasteiger partial charge >= 0.3 is 5.97 Å². The molecule has 1 aliphatic carbocycles. The van der Waals surface area contributed by atoms with Gasteiger partial charge in [-0.1, -0.05) is 35.4 Å². The molecule has 7 nitrogen and oxygen atoms in total. The lowest BCUT2D eigenvalue weighted by Crippen LogP contribution is -2.30. The van der Waals surface area contributed by atoms with Crippen molar-refractivity contribution >= 4 is 27.6 Å². The Balaban J connectivity index is 1.56. The molecule has 0 saturated carbocycles. The summed E-state index contributed by atoms with van der Waals surface area (Å²) in [4.78, 5) is 24.4. The van der Waals surface area contributed by atoms with Gasteiger partial charge < -0.3 is 10.1 Å². The Hall–Kier alpha value is -3.13. The van der Waals surface area contributed by atoms with Crippen molar-refractivity contribution in [2.24, 2.45) is 0 Å². The standard InChI is InChI=1S/C25H30N2O5S/c1-19-11-13-22(14-12-19)27(2)33(30,31)23-10-6-9-21(17-23)25(29)32-18-24(28)26-16-15-20-7-4-3-5-8-20/h6-7,9-14,17H,3-5,8,15-16,18H2,1-2H3,(H,26,28). The van der Waals surface area contributed by atoms with Crippen LogP contribution in [0.15, 0.2) is 65.1 Å². The number of allylic oxidation sites excluding steroid dienone is 1. The Bertz CT molecular complexity index is 1120. The molecule has 0 heterocycles. The number of anilines is 1. The third kappa shape index (κ3) is 6.68. The zero-order valence-corrected chi connectivity index (χ0v) is 19.9. The van der Waals surface area contributed by atoms with Crippen molar-refractivity contribution < 1.29 is 22.7 Å². The first-order valence-corrected chi connectivity index (χ1v) is 12.5. The predicted octanol–water partition coefficient (Wildman–Crippen LogP) is 3.98. The second kappa shape index (κ2) is 11.1. The van der Waals surface area contributed by atoms with Crippen LogP contribution in [0.3, 0.4) is 0 Å². The first kappa shape index (κ1) is 24.5. The Kier molecular flexibility index (Phi) is 8.27. The number of aryl methyl sites for hydroxylation is 1. The molecule has 3 rings (SSSR count). The molecule has 0 radical (unpaired) electrons. The minimum Gasteiger partial charge on any atom is -0.452 e. The number of nitrogens with one attached hydrogen (secondary N) is 1. The van der Waals surface area contributed by atoms with E-state index in [1.54, 1.807) is 12.1 Å². The summed E-state index contributed by atoms with van der Waals surface area (Å²) in [5.74, 6) is -1.14. The summed E-state index contributed by atoms with van der Waals surface area (Å²) in [6, 6.07) is 12.7. The lowest BCUT2D eigenvalue weighted by Gasteiger charge is -2.20. The van der Waals surface area contributed by atoms with Gasteiger partial charge in [-0.3, -0.25) is 9.10 Å². The van der Waals surface area contributed by atoms with Gasteiger partial charge in [0.1, 0.15) is 0 Å². The number of hydrogen-bond donors (Lipinski definition) is 1. The van der Waals surface area contributed by atoms with Crippen molar-refractivity contribution in [2.75, 3.05) is 24.5 Å². The monoisotopic (exact) mass is 470 g/mol. The van der Waals surface area contributed by atoms with Crippen molar-refractivity contribution in [3.05, 3.63) is 71.3 Å². The van der Waals surface area contributed by atoms with Crippen molar-refractivity contribution in [1.29, 1.82) is 0 Å². The van der Waals surface area contributed by atoms with Crippen LogP contribution < -0.4 is 9.62 Å². The van der Waals surface area contributed by atoms with Crippen LogP contribution in [-0.4, -0.2) is 40.5 Å². The molecule has 0 fully saturated rings. The molecule has 1 amide bonds. The van der Waals surface area contributed by atoms with Gasteiger partial charge in [0.15, 0.2) is 6.61 Å². The molecule has 0 saturated heterocycles. The maximum atomic E-state index is 13.0. The highest BCUT2D eigenvalue weighted by Gasteiger charge is 2.23. The van der Waals surface area contributed by atoms with Gasteiger partial charge in [-0.2, -0.15) is 0 Å². The van der Waals surface area contributed by atoms with Crippen LogP contribution in [0.1, 0.15) is 48.0 Å². The highest BCUT2D eigenvalue weighted by Crippen LogP contribution is 2.23. The molecule has 0 spiro atoms. The molecule has 0 bridgehead atoms. The number of rotatable bonds is 9. The highest BCUT2D eigenvalue weighted by molar-refractivity contribution is 7.92. The summed E-state index contributed by atoms with van der Waals surface area (Å²) in [5.41, 5.74) is 2.94. The molecule has 0 unspecified atom stereocenters. The predicted molar refractivity (Wildman–Crippen MR) is 128 cm³/mol. The van der Waals surface area contributed by atoms with Crippen LogP contribution in [0.4, 0.5) is 5.69 Å². The van der Waals surface area contributed by atoms with E-state index in [-0.39, 0.29) is 16.4 Å².